The van der Waals surface area contributed by atoms with Crippen LogP contribution in [-0.4, -0.2) is 15.3 Å². The Bertz CT molecular complexity index is 2230. The Morgan fingerprint density at radius 3 is 1.68 bits per heavy atom. The summed E-state index contributed by atoms with van der Waals surface area (Å²) >= 11 is 0. The fraction of sp³-hybridized carbons (Fsp3) is 0.0732. The van der Waals surface area contributed by atoms with E-state index in [1.807, 2.05) is 31.2 Å². The number of rotatable bonds is 3. The summed E-state index contributed by atoms with van der Waals surface area (Å²) in [6, 6.07) is 40.7. The standard InChI is InChI=1S/C41H30O3/c1-23-24(2)39(42)41(44)40(43)36(23)38-33-16-7-5-14-31(33)37(32-15-6-8-17-34(32)38)29-12-9-11-25(20-29)26-18-19-28-21-27-10-3-4-13-30(27)35(28)22-26/h3-20,22,42-44H,21H2,1-2H3. The van der Waals surface area contributed by atoms with Gasteiger partial charge in [-0.15, -0.1) is 0 Å². The summed E-state index contributed by atoms with van der Waals surface area (Å²) in [5.74, 6) is -1.10. The van der Waals surface area contributed by atoms with Gasteiger partial charge in [-0.1, -0.05) is 103 Å². The third-order valence-electron chi connectivity index (χ3n) is 9.44. The second-order valence-corrected chi connectivity index (χ2v) is 11.8. The lowest BCUT2D eigenvalue weighted by Gasteiger charge is -2.21. The summed E-state index contributed by atoms with van der Waals surface area (Å²) in [6.07, 6.45) is 0.976. The maximum atomic E-state index is 11.2. The smallest absolute Gasteiger partial charge is 0.201 e. The number of fused-ring (bicyclic) bond motifs is 5. The highest BCUT2D eigenvalue weighted by atomic mass is 16.3. The Balaban J connectivity index is 1.38. The highest BCUT2D eigenvalue weighted by molar-refractivity contribution is 6.22. The molecule has 44 heavy (non-hydrogen) atoms. The van der Waals surface area contributed by atoms with E-state index in [4.69, 9.17) is 0 Å². The fourth-order valence-electron chi connectivity index (χ4n) is 7.12. The van der Waals surface area contributed by atoms with Gasteiger partial charge in [-0.3, -0.25) is 0 Å². The molecule has 1 aliphatic rings. The van der Waals surface area contributed by atoms with Crippen molar-refractivity contribution < 1.29 is 15.3 Å². The van der Waals surface area contributed by atoms with E-state index >= 15 is 0 Å². The van der Waals surface area contributed by atoms with Gasteiger partial charge in [-0.2, -0.15) is 0 Å². The van der Waals surface area contributed by atoms with E-state index in [0.717, 1.165) is 55.8 Å². The van der Waals surface area contributed by atoms with Crippen LogP contribution in [0, 0.1) is 13.8 Å². The van der Waals surface area contributed by atoms with Crippen LogP contribution in [0.3, 0.4) is 0 Å². The predicted octanol–water partition coefficient (Wildman–Crippen LogP) is 10.3. The zero-order chi connectivity index (χ0) is 30.1. The molecule has 1 aliphatic carbocycles. The van der Waals surface area contributed by atoms with Crippen LogP contribution in [0.5, 0.6) is 17.2 Å². The Kier molecular flexibility index (Phi) is 5.79. The Morgan fingerprint density at radius 1 is 0.409 bits per heavy atom. The lowest BCUT2D eigenvalue weighted by Crippen LogP contribution is -1.95. The summed E-state index contributed by atoms with van der Waals surface area (Å²) in [4.78, 5) is 0. The molecule has 0 spiro atoms. The van der Waals surface area contributed by atoms with E-state index in [2.05, 4.69) is 91.0 Å². The van der Waals surface area contributed by atoms with E-state index < -0.39 is 5.75 Å². The SMILES string of the molecule is Cc1c(C)c(-c2c3ccccc3c(-c3cccc(-c4ccc5c(c4)-c4ccccc4C5)c3)c3ccccc23)c(O)c(O)c1O. The molecule has 0 amide bonds. The fourth-order valence-corrected chi connectivity index (χ4v) is 7.12. The first-order valence-electron chi connectivity index (χ1n) is 14.9. The Labute approximate surface area is 255 Å². The summed E-state index contributed by atoms with van der Waals surface area (Å²) < 4.78 is 0. The van der Waals surface area contributed by atoms with E-state index in [1.54, 1.807) is 6.92 Å². The molecule has 0 saturated carbocycles. The van der Waals surface area contributed by atoms with Gasteiger partial charge in [0.25, 0.3) is 0 Å². The van der Waals surface area contributed by atoms with Crippen molar-refractivity contribution in [1.29, 1.82) is 0 Å². The second-order valence-electron chi connectivity index (χ2n) is 11.8. The van der Waals surface area contributed by atoms with E-state index in [1.165, 1.54) is 27.8 Å². The van der Waals surface area contributed by atoms with Crippen molar-refractivity contribution in [1.82, 2.24) is 0 Å². The van der Waals surface area contributed by atoms with Gasteiger partial charge in [0.15, 0.2) is 11.5 Å². The van der Waals surface area contributed by atoms with Crippen molar-refractivity contribution >= 4 is 21.5 Å². The lowest BCUT2D eigenvalue weighted by atomic mass is 9.83. The van der Waals surface area contributed by atoms with Crippen LogP contribution in [0.4, 0.5) is 0 Å². The monoisotopic (exact) mass is 570 g/mol. The van der Waals surface area contributed by atoms with Crippen molar-refractivity contribution in [3.63, 3.8) is 0 Å². The Hall–Kier alpha value is -5.54. The van der Waals surface area contributed by atoms with Gasteiger partial charge in [0.05, 0.1) is 0 Å². The zero-order valence-electron chi connectivity index (χ0n) is 24.5. The molecule has 7 aromatic rings. The molecule has 0 atom stereocenters. The highest BCUT2D eigenvalue weighted by Gasteiger charge is 2.25. The van der Waals surface area contributed by atoms with Gasteiger partial charge in [0.1, 0.15) is 0 Å². The van der Waals surface area contributed by atoms with Gasteiger partial charge in [-0.05, 0) is 110 Å². The van der Waals surface area contributed by atoms with Crippen LogP contribution in [0.25, 0.3) is 66.1 Å². The zero-order valence-corrected chi connectivity index (χ0v) is 24.5. The molecule has 212 valence electrons. The average molecular weight is 571 g/mol. The predicted molar refractivity (Wildman–Crippen MR) is 180 cm³/mol. The maximum absolute atomic E-state index is 11.2. The molecule has 0 saturated heterocycles. The first-order chi connectivity index (χ1) is 21.4. The molecular formula is C41H30O3. The third kappa shape index (κ3) is 3.76. The molecule has 0 heterocycles. The number of benzene rings is 7. The molecule has 0 fully saturated rings. The quantitative estimate of drug-likeness (QED) is 0.146. The van der Waals surface area contributed by atoms with Gasteiger partial charge in [0, 0.05) is 11.1 Å². The van der Waals surface area contributed by atoms with Crippen molar-refractivity contribution in [2.24, 2.45) is 0 Å². The van der Waals surface area contributed by atoms with Gasteiger partial charge < -0.3 is 15.3 Å². The number of phenolic OH excluding ortho intramolecular Hbond substituents is 3. The normalized spacial score (nSPS) is 12.0. The van der Waals surface area contributed by atoms with Crippen molar-refractivity contribution in [2.75, 3.05) is 0 Å². The average Bonchev–Trinajstić information content (AvgIpc) is 3.44. The minimum Gasteiger partial charge on any atom is -0.504 e. The largest absolute Gasteiger partial charge is 0.504 e. The molecule has 0 unspecified atom stereocenters. The van der Waals surface area contributed by atoms with E-state index in [9.17, 15) is 15.3 Å². The number of phenols is 3. The minimum absolute atomic E-state index is 0.291. The molecular weight excluding hydrogens is 540 g/mol. The first-order valence-corrected chi connectivity index (χ1v) is 14.9. The van der Waals surface area contributed by atoms with Crippen LogP contribution in [0.2, 0.25) is 0 Å². The topological polar surface area (TPSA) is 60.7 Å². The summed E-state index contributed by atoms with van der Waals surface area (Å²) in [5, 5.41) is 36.4. The van der Waals surface area contributed by atoms with Gasteiger partial charge in [-0.25, -0.2) is 0 Å². The van der Waals surface area contributed by atoms with Crippen molar-refractivity contribution in [3.8, 4) is 61.8 Å². The van der Waals surface area contributed by atoms with Crippen molar-refractivity contribution in [3.05, 3.63) is 138 Å². The van der Waals surface area contributed by atoms with Crippen LogP contribution in [0.1, 0.15) is 22.3 Å². The molecule has 7 aromatic carbocycles. The molecule has 8 rings (SSSR count). The summed E-state index contributed by atoms with van der Waals surface area (Å²) in [5.41, 5.74) is 12.6. The summed E-state index contributed by atoms with van der Waals surface area (Å²) in [6.45, 7) is 3.63. The van der Waals surface area contributed by atoms with Crippen LogP contribution < -0.4 is 0 Å². The molecule has 3 N–H and O–H groups in total. The number of hydrogen-bond acceptors (Lipinski definition) is 3. The van der Waals surface area contributed by atoms with E-state index in [0.29, 0.717) is 11.1 Å². The van der Waals surface area contributed by atoms with Crippen LogP contribution in [0.15, 0.2) is 115 Å². The molecule has 0 bridgehead atoms. The second kappa shape index (κ2) is 9.75. The van der Waals surface area contributed by atoms with Gasteiger partial charge >= 0.3 is 0 Å². The Morgan fingerprint density at radius 2 is 0.977 bits per heavy atom. The minimum atomic E-state index is -0.495. The molecule has 3 heteroatoms. The molecule has 0 aliphatic heterocycles. The lowest BCUT2D eigenvalue weighted by molar-refractivity contribution is 0.366. The van der Waals surface area contributed by atoms with Gasteiger partial charge in [0.2, 0.25) is 5.75 Å². The maximum Gasteiger partial charge on any atom is 0.201 e. The number of aromatic hydroxyl groups is 3. The van der Waals surface area contributed by atoms with Crippen molar-refractivity contribution in [2.45, 2.75) is 20.3 Å². The first kappa shape index (κ1) is 26.1. The molecule has 0 radical (unpaired) electrons. The van der Waals surface area contributed by atoms with Crippen LogP contribution in [-0.2, 0) is 6.42 Å². The molecule has 3 nitrogen and oxygen atoms in total. The third-order valence-corrected chi connectivity index (χ3v) is 9.44. The summed E-state index contributed by atoms with van der Waals surface area (Å²) in [7, 11) is 0. The molecule has 0 aromatic heterocycles. The van der Waals surface area contributed by atoms with E-state index in [-0.39, 0.29) is 11.5 Å². The number of hydrogen-bond donors (Lipinski definition) is 3. The van der Waals surface area contributed by atoms with Crippen LogP contribution >= 0.6 is 0 Å². The highest BCUT2D eigenvalue weighted by Crippen LogP contribution is 2.52.